The van der Waals surface area contributed by atoms with Gasteiger partial charge in [-0.2, -0.15) is 0 Å². The van der Waals surface area contributed by atoms with Crippen LogP contribution < -0.4 is 4.90 Å². The summed E-state index contributed by atoms with van der Waals surface area (Å²) in [5.41, 5.74) is 0.511. The zero-order valence-corrected chi connectivity index (χ0v) is 10.6. The first-order valence-corrected chi connectivity index (χ1v) is 6.40. The molecule has 1 aromatic rings. The second-order valence-electron chi connectivity index (χ2n) is 4.82. The van der Waals surface area contributed by atoms with Crippen molar-refractivity contribution in [3.8, 4) is 5.75 Å². The average molecular weight is 263 g/mol. The molecule has 0 radical (unpaired) electrons. The van der Waals surface area contributed by atoms with E-state index in [1.807, 2.05) is 0 Å². The summed E-state index contributed by atoms with van der Waals surface area (Å²) in [5.74, 6) is -1.16. The van der Waals surface area contributed by atoms with Gasteiger partial charge in [0.25, 0.3) is 0 Å². The van der Waals surface area contributed by atoms with Crippen molar-refractivity contribution in [3.05, 3.63) is 24.3 Å². The number of hydrogen-bond donors (Lipinski definition) is 2. The molecule has 0 heterocycles. The van der Waals surface area contributed by atoms with E-state index in [9.17, 15) is 14.7 Å². The van der Waals surface area contributed by atoms with E-state index < -0.39 is 5.97 Å². The number of phenols is 1. The molecule has 0 bridgehead atoms. The quantitative estimate of drug-likeness (QED) is 0.871. The zero-order valence-electron chi connectivity index (χ0n) is 10.6. The topological polar surface area (TPSA) is 77.8 Å². The highest BCUT2D eigenvalue weighted by molar-refractivity contribution is 5.98. The Kier molecular flexibility index (Phi) is 4.04. The molecule has 0 aromatic heterocycles. The number of carboxylic acid groups (broad SMARTS) is 1. The summed E-state index contributed by atoms with van der Waals surface area (Å²) in [7, 11) is 0. The average Bonchev–Trinajstić information content (AvgIpc) is 2.90. The van der Waals surface area contributed by atoms with Crippen LogP contribution in [0.2, 0.25) is 0 Å². The minimum atomic E-state index is -1.04. The van der Waals surface area contributed by atoms with Gasteiger partial charge >= 0.3 is 5.97 Å². The van der Waals surface area contributed by atoms with Crippen LogP contribution in [0.25, 0.3) is 0 Å². The molecule has 5 heteroatoms. The number of aromatic hydroxyl groups is 1. The monoisotopic (exact) mass is 263 g/mol. The van der Waals surface area contributed by atoms with Crippen LogP contribution in [0.4, 0.5) is 5.69 Å². The van der Waals surface area contributed by atoms with Crippen molar-refractivity contribution in [2.45, 2.75) is 25.7 Å². The Morgan fingerprint density at radius 2 is 1.74 bits per heavy atom. The summed E-state index contributed by atoms with van der Waals surface area (Å²) in [4.78, 5) is 24.6. The minimum absolute atomic E-state index is 0.0758. The summed E-state index contributed by atoms with van der Waals surface area (Å²) < 4.78 is 0. The van der Waals surface area contributed by atoms with E-state index in [1.165, 1.54) is 17.0 Å². The molecule has 1 saturated carbocycles. The molecule has 102 valence electrons. The number of carboxylic acids is 1. The van der Waals surface area contributed by atoms with Gasteiger partial charge in [0.2, 0.25) is 5.91 Å². The molecule has 0 aliphatic heterocycles. The fourth-order valence-electron chi connectivity index (χ4n) is 2.46. The summed E-state index contributed by atoms with van der Waals surface area (Å²) >= 11 is 0. The van der Waals surface area contributed by atoms with Crippen LogP contribution in [0.15, 0.2) is 24.3 Å². The number of hydrogen-bond acceptors (Lipinski definition) is 3. The van der Waals surface area contributed by atoms with E-state index in [-0.39, 0.29) is 24.1 Å². The molecular formula is C14H17NO4. The van der Waals surface area contributed by atoms with E-state index in [4.69, 9.17) is 5.11 Å². The SMILES string of the molecule is O=C(O)CN(C(=O)C1CCCC1)c1ccc(O)cc1. The van der Waals surface area contributed by atoms with Crippen LogP contribution in [0, 0.1) is 5.92 Å². The lowest BCUT2D eigenvalue weighted by atomic mass is 10.1. The fraction of sp³-hybridized carbons (Fsp3) is 0.429. The Balaban J connectivity index is 2.21. The molecule has 19 heavy (non-hydrogen) atoms. The Hall–Kier alpha value is -2.04. The van der Waals surface area contributed by atoms with Crippen molar-refractivity contribution >= 4 is 17.6 Å². The van der Waals surface area contributed by atoms with E-state index >= 15 is 0 Å². The third kappa shape index (κ3) is 3.24. The third-order valence-electron chi connectivity index (χ3n) is 3.43. The first-order valence-electron chi connectivity index (χ1n) is 6.40. The summed E-state index contributed by atoms with van der Waals surface area (Å²) in [5, 5.41) is 18.2. The van der Waals surface area contributed by atoms with Gasteiger partial charge in [-0.1, -0.05) is 12.8 Å². The van der Waals surface area contributed by atoms with Crippen molar-refractivity contribution < 1.29 is 19.8 Å². The highest BCUT2D eigenvalue weighted by Crippen LogP contribution is 2.29. The molecule has 1 aliphatic carbocycles. The molecule has 0 unspecified atom stereocenters. The predicted molar refractivity (Wildman–Crippen MR) is 70.1 cm³/mol. The normalized spacial score (nSPS) is 15.4. The van der Waals surface area contributed by atoms with Crippen LogP contribution >= 0.6 is 0 Å². The lowest BCUT2D eigenvalue weighted by molar-refractivity contribution is -0.137. The summed E-state index contributed by atoms with van der Waals surface area (Å²) in [6.45, 7) is -0.347. The second-order valence-corrected chi connectivity index (χ2v) is 4.82. The Morgan fingerprint density at radius 3 is 2.26 bits per heavy atom. The fourth-order valence-corrected chi connectivity index (χ4v) is 2.46. The number of amides is 1. The van der Waals surface area contributed by atoms with Gasteiger partial charge in [-0.3, -0.25) is 9.59 Å². The van der Waals surface area contributed by atoms with Crippen molar-refractivity contribution in [1.82, 2.24) is 0 Å². The molecule has 0 atom stereocenters. The van der Waals surface area contributed by atoms with Crippen LogP contribution in [-0.4, -0.2) is 28.6 Å². The zero-order chi connectivity index (χ0) is 13.8. The van der Waals surface area contributed by atoms with Crippen LogP contribution in [-0.2, 0) is 9.59 Å². The minimum Gasteiger partial charge on any atom is -0.508 e. The summed E-state index contributed by atoms with van der Waals surface area (Å²) in [6, 6.07) is 6.02. The standard InChI is InChI=1S/C14H17NO4/c16-12-7-5-11(6-8-12)15(9-13(17)18)14(19)10-3-1-2-4-10/h5-8,10,16H,1-4,9H2,(H,17,18). The lowest BCUT2D eigenvalue weighted by Crippen LogP contribution is -2.39. The van der Waals surface area contributed by atoms with Crippen molar-refractivity contribution in [2.24, 2.45) is 5.92 Å². The number of rotatable bonds is 4. The van der Waals surface area contributed by atoms with Gasteiger partial charge in [0.05, 0.1) is 0 Å². The molecule has 5 nitrogen and oxygen atoms in total. The highest BCUT2D eigenvalue weighted by atomic mass is 16.4. The molecule has 0 spiro atoms. The van der Waals surface area contributed by atoms with Crippen LogP contribution in [0.5, 0.6) is 5.75 Å². The number of anilines is 1. The number of carbonyl (C=O) groups excluding carboxylic acids is 1. The molecule has 1 aliphatic rings. The van der Waals surface area contributed by atoms with E-state index in [2.05, 4.69) is 0 Å². The van der Waals surface area contributed by atoms with Crippen molar-refractivity contribution in [2.75, 3.05) is 11.4 Å². The maximum Gasteiger partial charge on any atom is 0.323 e. The van der Waals surface area contributed by atoms with Gasteiger partial charge in [0.1, 0.15) is 12.3 Å². The molecule has 2 N–H and O–H groups in total. The maximum atomic E-state index is 12.4. The van der Waals surface area contributed by atoms with Gasteiger partial charge in [0.15, 0.2) is 0 Å². The van der Waals surface area contributed by atoms with Gasteiger partial charge < -0.3 is 15.1 Å². The van der Waals surface area contributed by atoms with E-state index in [1.54, 1.807) is 12.1 Å². The van der Waals surface area contributed by atoms with Crippen LogP contribution in [0.1, 0.15) is 25.7 Å². The molecule has 1 fully saturated rings. The largest absolute Gasteiger partial charge is 0.508 e. The highest BCUT2D eigenvalue weighted by Gasteiger charge is 2.29. The molecule has 1 amide bonds. The number of phenolic OH excluding ortho intramolecular Hbond substituents is 1. The third-order valence-corrected chi connectivity index (χ3v) is 3.43. The number of nitrogens with zero attached hydrogens (tertiary/aromatic N) is 1. The molecular weight excluding hydrogens is 246 g/mol. The van der Waals surface area contributed by atoms with E-state index in [0.29, 0.717) is 5.69 Å². The number of carbonyl (C=O) groups is 2. The van der Waals surface area contributed by atoms with Gasteiger partial charge in [-0.15, -0.1) is 0 Å². The van der Waals surface area contributed by atoms with Crippen LogP contribution in [0.3, 0.4) is 0 Å². The first-order chi connectivity index (χ1) is 9.08. The van der Waals surface area contributed by atoms with E-state index in [0.717, 1.165) is 25.7 Å². The first kappa shape index (κ1) is 13.4. The molecule has 1 aromatic carbocycles. The smallest absolute Gasteiger partial charge is 0.323 e. The van der Waals surface area contributed by atoms with Crippen molar-refractivity contribution in [3.63, 3.8) is 0 Å². The summed E-state index contributed by atoms with van der Waals surface area (Å²) in [6.07, 6.45) is 3.69. The number of benzene rings is 1. The molecule has 0 saturated heterocycles. The number of aliphatic carboxylic acids is 1. The Labute approximate surface area is 111 Å². The molecule has 2 rings (SSSR count). The van der Waals surface area contributed by atoms with Gasteiger partial charge in [-0.05, 0) is 37.1 Å². The van der Waals surface area contributed by atoms with Gasteiger partial charge in [0, 0.05) is 11.6 Å². The lowest BCUT2D eigenvalue weighted by Gasteiger charge is -2.24. The Bertz CT molecular complexity index is 463. The van der Waals surface area contributed by atoms with Gasteiger partial charge in [-0.25, -0.2) is 0 Å². The maximum absolute atomic E-state index is 12.4. The van der Waals surface area contributed by atoms with Crippen molar-refractivity contribution in [1.29, 1.82) is 0 Å². The Morgan fingerprint density at radius 1 is 1.16 bits per heavy atom. The predicted octanol–water partition coefficient (Wildman–Crippen LogP) is 2.00. The second kappa shape index (κ2) is 5.73.